The van der Waals surface area contributed by atoms with Gasteiger partial charge < -0.3 is 5.73 Å². The Labute approximate surface area is 129 Å². The number of aromatic nitrogens is 2. The van der Waals surface area contributed by atoms with Crippen LogP contribution in [0.4, 0.5) is 5.82 Å². The van der Waals surface area contributed by atoms with E-state index < -0.39 is 9.84 Å². The van der Waals surface area contributed by atoms with Crippen LogP contribution in [0.1, 0.15) is 19.5 Å². The highest BCUT2D eigenvalue weighted by Crippen LogP contribution is 2.25. The first-order valence-electron chi connectivity index (χ1n) is 6.76. The van der Waals surface area contributed by atoms with Gasteiger partial charge in [0.1, 0.15) is 16.5 Å². The van der Waals surface area contributed by atoms with E-state index in [1.807, 2.05) is 0 Å². The van der Waals surface area contributed by atoms with E-state index in [0.29, 0.717) is 11.3 Å². The summed E-state index contributed by atoms with van der Waals surface area (Å²) in [7, 11) is -3.45. The van der Waals surface area contributed by atoms with E-state index in [1.165, 1.54) is 19.2 Å². The molecule has 0 bridgehead atoms. The molecule has 0 fully saturated rings. The second-order valence-corrected chi connectivity index (χ2v) is 7.17. The van der Waals surface area contributed by atoms with Crippen molar-refractivity contribution in [1.29, 1.82) is 0 Å². The largest absolute Gasteiger partial charge is 0.383 e. The monoisotopic (exact) mass is 319 g/mol. The number of rotatable bonds is 5. The van der Waals surface area contributed by atoms with Gasteiger partial charge in [0.05, 0.1) is 5.75 Å². The normalized spacial score (nSPS) is 11.4. The van der Waals surface area contributed by atoms with Crippen molar-refractivity contribution in [2.75, 3.05) is 11.5 Å². The van der Waals surface area contributed by atoms with Crippen molar-refractivity contribution in [2.24, 2.45) is 0 Å². The molecule has 22 heavy (non-hydrogen) atoms. The molecule has 2 aromatic rings. The first-order valence-corrected chi connectivity index (χ1v) is 8.41. The van der Waals surface area contributed by atoms with Gasteiger partial charge >= 0.3 is 0 Å². The molecule has 2 aromatic heterocycles. The number of hydrogen-bond acceptors (Lipinski definition) is 6. The fraction of sp³-hybridized carbons (Fsp3) is 0.267. The number of nitrogens with zero attached hydrogens (tertiary/aromatic N) is 2. The van der Waals surface area contributed by atoms with Gasteiger partial charge in [-0.2, -0.15) is 0 Å². The lowest BCUT2D eigenvalue weighted by molar-refractivity contribution is -0.116. The maximum Gasteiger partial charge on any atom is 0.181 e. The molecule has 0 saturated carbocycles. The minimum Gasteiger partial charge on any atom is -0.383 e. The zero-order valence-electron chi connectivity index (χ0n) is 12.4. The van der Waals surface area contributed by atoms with Gasteiger partial charge in [-0.1, -0.05) is 6.92 Å². The van der Waals surface area contributed by atoms with Crippen LogP contribution in [-0.2, 0) is 21.1 Å². The third kappa shape index (κ3) is 3.48. The summed E-state index contributed by atoms with van der Waals surface area (Å²) in [6.45, 7) is 3.05. The zero-order valence-corrected chi connectivity index (χ0v) is 13.2. The van der Waals surface area contributed by atoms with Crippen LogP contribution < -0.4 is 5.73 Å². The fourth-order valence-corrected chi connectivity index (χ4v) is 3.02. The van der Waals surface area contributed by atoms with Crippen LogP contribution in [0.2, 0.25) is 0 Å². The highest BCUT2D eigenvalue weighted by molar-refractivity contribution is 7.91. The Balaban J connectivity index is 2.50. The Morgan fingerprint density at radius 2 is 1.95 bits per heavy atom. The van der Waals surface area contributed by atoms with E-state index in [9.17, 15) is 13.2 Å². The van der Waals surface area contributed by atoms with Gasteiger partial charge in [0, 0.05) is 30.1 Å². The zero-order chi connectivity index (χ0) is 16.3. The molecule has 0 amide bonds. The van der Waals surface area contributed by atoms with E-state index >= 15 is 0 Å². The molecule has 0 atom stereocenters. The van der Waals surface area contributed by atoms with Crippen molar-refractivity contribution in [3.8, 4) is 11.1 Å². The quantitative estimate of drug-likeness (QED) is 0.899. The predicted octanol–water partition coefficient (Wildman–Crippen LogP) is 1.65. The van der Waals surface area contributed by atoms with Gasteiger partial charge in [0.25, 0.3) is 0 Å². The van der Waals surface area contributed by atoms with E-state index in [4.69, 9.17) is 5.73 Å². The standard InChI is InChI=1S/C15H17N3O3S/c1-3-22(20,21)14-8-12(9-18-15(14)16)11-4-5-17-13(7-11)6-10(2)19/h4-5,7-9H,3,6H2,1-2H3,(H2,16,18). The Bertz CT molecular complexity index is 817. The second-order valence-electron chi connectivity index (χ2n) is 4.93. The van der Waals surface area contributed by atoms with Crippen LogP contribution in [-0.4, -0.2) is 29.9 Å². The number of Topliss-reactive ketones (excluding diaryl/α,β-unsaturated/α-hetero) is 1. The summed E-state index contributed by atoms with van der Waals surface area (Å²) in [5.74, 6) is -0.0493. The number of anilines is 1. The molecular formula is C15H17N3O3S. The van der Waals surface area contributed by atoms with Gasteiger partial charge in [-0.3, -0.25) is 9.78 Å². The second kappa shape index (κ2) is 6.23. The number of nitrogens with two attached hydrogens (primary N) is 1. The van der Waals surface area contributed by atoms with Gasteiger partial charge in [0.2, 0.25) is 0 Å². The average Bonchev–Trinajstić information content (AvgIpc) is 2.47. The van der Waals surface area contributed by atoms with Gasteiger partial charge in [-0.25, -0.2) is 13.4 Å². The summed E-state index contributed by atoms with van der Waals surface area (Å²) in [4.78, 5) is 19.3. The van der Waals surface area contributed by atoms with Crippen molar-refractivity contribution < 1.29 is 13.2 Å². The van der Waals surface area contributed by atoms with E-state index in [-0.39, 0.29) is 28.7 Å². The predicted molar refractivity (Wildman–Crippen MR) is 84.0 cm³/mol. The summed E-state index contributed by atoms with van der Waals surface area (Å²) >= 11 is 0. The number of pyridine rings is 2. The molecule has 6 nitrogen and oxygen atoms in total. The number of carbonyl (C=O) groups is 1. The smallest absolute Gasteiger partial charge is 0.181 e. The molecule has 2 heterocycles. The summed E-state index contributed by atoms with van der Waals surface area (Å²) in [6.07, 6.45) is 3.32. The lowest BCUT2D eigenvalue weighted by atomic mass is 10.1. The lowest BCUT2D eigenvalue weighted by Gasteiger charge is -2.08. The molecule has 0 aliphatic heterocycles. The molecule has 0 spiro atoms. The third-order valence-corrected chi connectivity index (χ3v) is 4.93. The Kier molecular flexibility index (Phi) is 4.56. The molecule has 0 aromatic carbocycles. The molecule has 0 aliphatic rings. The van der Waals surface area contributed by atoms with Crippen molar-refractivity contribution in [2.45, 2.75) is 25.2 Å². The maximum atomic E-state index is 12.0. The molecular weight excluding hydrogens is 302 g/mol. The number of nitrogen functional groups attached to an aromatic ring is 1. The fourth-order valence-electron chi connectivity index (χ4n) is 2.03. The summed E-state index contributed by atoms with van der Waals surface area (Å²) in [5.41, 5.74) is 7.67. The third-order valence-electron chi connectivity index (χ3n) is 3.18. The number of ketones is 1. The van der Waals surface area contributed by atoms with Gasteiger partial charge in [-0.05, 0) is 30.7 Å². The van der Waals surface area contributed by atoms with Gasteiger partial charge in [0.15, 0.2) is 9.84 Å². The van der Waals surface area contributed by atoms with Crippen molar-refractivity contribution in [1.82, 2.24) is 9.97 Å². The Hall–Kier alpha value is -2.28. The first-order chi connectivity index (χ1) is 10.3. The molecule has 0 radical (unpaired) electrons. The summed E-state index contributed by atoms with van der Waals surface area (Å²) in [5, 5.41) is 0. The number of carbonyl (C=O) groups excluding carboxylic acids is 1. The average molecular weight is 319 g/mol. The molecule has 116 valence electrons. The Morgan fingerprint density at radius 3 is 2.59 bits per heavy atom. The summed E-state index contributed by atoms with van der Waals surface area (Å²) < 4.78 is 24.1. The van der Waals surface area contributed by atoms with Crippen LogP contribution in [0.5, 0.6) is 0 Å². The number of sulfone groups is 1. The van der Waals surface area contributed by atoms with Crippen molar-refractivity contribution in [3.05, 3.63) is 36.3 Å². The van der Waals surface area contributed by atoms with E-state index in [1.54, 1.807) is 25.3 Å². The molecule has 0 aliphatic carbocycles. The molecule has 7 heteroatoms. The highest BCUT2D eigenvalue weighted by atomic mass is 32.2. The van der Waals surface area contributed by atoms with Crippen LogP contribution in [0.25, 0.3) is 11.1 Å². The van der Waals surface area contributed by atoms with Crippen LogP contribution in [0, 0.1) is 0 Å². The van der Waals surface area contributed by atoms with Crippen molar-refractivity contribution in [3.63, 3.8) is 0 Å². The SMILES string of the molecule is CCS(=O)(=O)c1cc(-c2ccnc(CC(C)=O)c2)cnc1N. The highest BCUT2D eigenvalue weighted by Gasteiger charge is 2.17. The van der Waals surface area contributed by atoms with E-state index in [0.717, 1.165) is 5.56 Å². The Morgan fingerprint density at radius 1 is 1.23 bits per heavy atom. The topological polar surface area (TPSA) is 103 Å². The molecule has 0 unspecified atom stereocenters. The van der Waals surface area contributed by atoms with Crippen LogP contribution >= 0.6 is 0 Å². The van der Waals surface area contributed by atoms with Crippen molar-refractivity contribution >= 4 is 21.4 Å². The first kappa shape index (κ1) is 16.1. The molecule has 0 saturated heterocycles. The maximum absolute atomic E-state index is 12.0. The van der Waals surface area contributed by atoms with Crippen LogP contribution in [0.3, 0.4) is 0 Å². The molecule has 2 rings (SSSR count). The van der Waals surface area contributed by atoms with Crippen LogP contribution in [0.15, 0.2) is 35.5 Å². The lowest BCUT2D eigenvalue weighted by Crippen LogP contribution is -2.08. The summed E-state index contributed by atoms with van der Waals surface area (Å²) in [6, 6.07) is 4.99. The minimum atomic E-state index is -3.45. The number of hydrogen-bond donors (Lipinski definition) is 1. The van der Waals surface area contributed by atoms with Gasteiger partial charge in [-0.15, -0.1) is 0 Å². The molecule has 2 N–H and O–H groups in total. The minimum absolute atomic E-state index is 0.00864. The van der Waals surface area contributed by atoms with E-state index in [2.05, 4.69) is 9.97 Å².